The van der Waals surface area contributed by atoms with Gasteiger partial charge in [0.1, 0.15) is 5.60 Å². The first-order chi connectivity index (χ1) is 20.7. The fraction of sp³-hybridized carbons (Fsp3) is 0.235. The number of aromatic carboxylic acids is 1. The zero-order chi connectivity index (χ0) is 32.1. The first kappa shape index (κ1) is 32.7. The van der Waals surface area contributed by atoms with Crippen molar-refractivity contribution < 1.29 is 33.0 Å². The number of carbonyl (C=O) groups excluding carboxylic acids is 1. The number of carbonyl (C=O) groups is 2. The lowest BCUT2D eigenvalue weighted by Gasteiger charge is -2.29. The fourth-order valence-electron chi connectivity index (χ4n) is 4.48. The second-order valence-electron chi connectivity index (χ2n) is 11.3. The Morgan fingerprint density at radius 1 is 0.864 bits per heavy atom. The molecule has 44 heavy (non-hydrogen) atoms. The van der Waals surface area contributed by atoms with Gasteiger partial charge in [-0.2, -0.15) is 0 Å². The maximum atomic E-state index is 13.3. The normalized spacial score (nSPS) is 12.4. The topological polar surface area (TPSA) is 121 Å². The summed E-state index contributed by atoms with van der Waals surface area (Å²) in [6, 6.07) is 26.0. The van der Waals surface area contributed by atoms with Gasteiger partial charge in [0, 0.05) is 11.6 Å². The number of hydrogen-bond acceptors (Lipinski definition) is 6. The SMILES string of the molecule is CC(C)(C)OC(=O)N(CCc1ccc(S(=O)(=O)c2ccc(-c3ccc(C(=O)O)cc3)cc2)cc1)C[C@H](O)c1cccc(Cl)c1. The lowest BCUT2D eigenvalue weighted by molar-refractivity contribution is 0.0147. The molecule has 8 nitrogen and oxygen atoms in total. The van der Waals surface area contributed by atoms with Crippen LogP contribution in [0.3, 0.4) is 0 Å². The number of hydrogen-bond donors (Lipinski definition) is 2. The second kappa shape index (κ2) is 13.6. The Morgan fingerprint density at radius 2 is 1.41 bits per heavy atom. The van der Waals surface area contributed by atoms with E-state index < -0.39 is 33.6 Å². The molecule has 1 amide bonds. The van der Waals surface area contributed by atoms with Gasteiger partial charge in [0.15, 0.2) is 0 Å². The predicted molar refractivity (Wildman–Crippen MR) is 169 cm³/mol. The molecule has 0 aliphatic rings. The van der Waals surface area contributed by atoms with Crippen LogP contribution < -0.4 is 0 Å². The number of ether oxygens (including phenoxy) is 1. The minimum absolute atomic E-state index is 0.0125. The van der Waals surface area contributed by atoms with E-state index in [1.54, 1.807) is 81.4 Å². The molecule has 0 bridgehead atoms. The molecule has 4 aromatic rings. The van der Waals surface area contributed by atoms with E-state index in [1.807, 2.05) is 0 Å². The molecule has 10 heteroatoms. The average molecular weight is 636 g/mol. The van der Waals surface area contributed by atoms with E-state index in [0.29, 0.717) is 17.0 Å². The summed E-state index contributed by atoms with van der Waals surface area (Å²) >= 11 is 6.07. The third-order valence-electron chi connectivity index (χ3n) is 6.81. The minimum Gasteiger partial charge on any atom is -0.478 e. The van der Waals surface area contributed by atoms with Gasteiger partial charge in [0.05, 0.1) is 28.0 Å². The highest BCUT2D eigenvalue weighted by atomic mass is 35.5. The van der Waals surface area contributed by atoms with Gasteiger partial charge in [-0.15, -0.1) is 0 Å². The Balaban J connectivity index is 1.45. The van der Waals surface area contributed by atoms with Crippen molar-refractivity contribution >= 4 is 33.5 Å². The molecule has 0 saturated carbocycles. The standard InChI is InChI=1S/C34H34ClNO7S/c1-34(2,3)43-33(40)36(22-31(37)27-5-4-6-28(35)21-27)20-19-23-7-15-29(16-8-23)44(41,42)30-17-13-25(14-18-30)24-9-11-26(12-10-24)32(38)39/h4-18,21,31,37H,19-20,22H2,1-3H3,(H,38,39)/t31-/m0/s1. The van der Waals surface area contributed by atoms with Crippen LogP contribution >= 0.6 is 11.6 Å². The molecule has 0 unspecified atom stereocenters. The summed E-state index contributed by atoms with van der Waals surface area (Å²) in [7, 11) is -3.79. The molecule has 0 aliphatic heterocycles. The van der Waals surface area contributed by atoms with Crippen LogP contribution in [0.5, 0.6) is 0 Å². The maximum absolute atomic E-state index is 13.3. The molecular weight excluding hydrogens is 602 g/mol. The van der Waals surface area contributed by atoms with Crippen molar-refractivity contribution in [1.29, 1.82) is 0 Å². The quantitative estimate of drug-likeness (QED) is 0.191. The molecule has 0 aromatic heterocycles. The summed E-state index contributed by atoms with van der Waals surface area (Å²) in [6.07, 6.45) is -1.15. The van der Waals surface area contributed by atoms with E-state index in [4.69, 9.17) is 21.4 Å². The van der Waals surface area contributed by atoms with Gasteiger partial charge in [-0.05, 0) is 98.0 Å². The molecule has 0 spiro atoms. The summed E-state index contributed by atoms with van der Waals surface area (Å²) in [5, 5.41) is 20.4. The van der Waals surface area contributed by atoms with Crippen molar-refractivity contribution in [3.63, 3.8) is 0 Å². The molecule has 0 aliphatic carbocycles. The van der Waals surface area contributed by atoms with Crippen LogP contribution in [0.15, 0.2) is 107 Å². The van der Waals surface area contributed by atoms with E-state index in [9.17, 15) is 23.1 Å². The van der Waals surface area contributed by atoms with Gasteiger partial charge in [-0.25, -0.2) is 18.0 Å². The van der Waals surface area contributed by atoms with E-state index in [2.05, 4.69) is 0 Å². The number of amides is 1. The zero-order valence-electron chi connectivity index (χ0n) is 24.6. The molecule has 4 aromatic carbocycles. The molecule has 0 fully saturated rings. The summed E-state index contributed by atoms with van der Waals surface area (Å²) < 4.78 is 32.2. The number of rotatable bonds is 10. The van der Waals surface area contributed by atoms with Gasteiger partial charge in [0.2, 0.25) is 9.84 Å². The highest BCUT2D eigenvalue weighted by Gasteiger charge is 2.25. The predicted octanol–water partition coefficient (Wildman–Crippen LogP) is 7.05. The van der Waals surface area contributed by atoms with Crippen LogP contribution in [0.1, 0.15) is 48.4 Å². The molecular formula is C34H34ClNO7S. The van der Waals surface area contributed by atoms with Crippen molar-refractivity contribution in [3.8, 4) is 11.1 Å². The van der Waals surface area contributed by atoms with Crippen LogP contribution in [0.2, 0.25) is 5.02 Å². The van der Waals surface area contributed by atoms with E-state index >= 15 is 0 Å². The lowest BCUT2D eigenvalue weighted by Crippen LogP contribution is -2.40. The number of aliphatic hydroxyl groups excluding tert-OH is 1. The Morgan fingerprint density at radius 3 is 1.93 bits per heavy atom. The molecule has 230 valence electrons. The van der Waals surface area contributed by atoms with Crippen molar-refractivity contribution in [3.05, 3.63) is 119 Å². The van der Waals surface area contributed by atoms with Crippen LogP contribution in [0.25, 0.3) is 11.1 Å². The van der Waals surface area contributed by atoms with Crippen molar-refractivity contribution in [2.45, 2.75) is 48.7 Å². The average Bonchev–Trinajstić information content (AvgIpc) is 2.98. The van der Waals surface area contributed by atoms with Crippen molar-refractivity contribution in [2.24, 2.45) is 0 Å². The number of benzene rings is 4. The molecule has 2 N–H and O–H groups in total. The van der Waals surface area contributed by atoms with Crippen LogP contribution in [0.4, 0.5) is 4.79 Å². The van der Waals surface area contributed by atoms with Crippen LogP contribution in [-0.2, 0) is 21.0 Å². The zero-order valence-corrected chi connectivity index (χ0v) is 26.2. The molecule has 4 rings (SSSR count). The summed E-state index contributed by atoms with van der Waals surface area (Å²) in [5.74, 6) is -1.02. The van der Waals surface area contributed by atoms with Crippen LogP contribution in [0, 0.1) is 0 Å². The van der Waals surface area contributed by atoms with E-state index in [1.165, 1.54) is 41.3 Å². The third kappa shape index (κ3) is 8.47. The molecule has 1 atom stereocenters. The number of carboxylic acids is 1. The van der Waals surface area contributed by atoms with Gasteiger partial charge in [-0.1, -0.05) is 60.1 Å². The lowest BCUT2D eigenvalue weighted by atomic mass is 10.0. The highest BCUT2D eigenvalue weighted by molar-refractivity contribution is 7.91. The van der Waals surface area contributed by atoms with Crippen molar-refractivity contribution in [1.82, 2.24) is 4.90 Å². The number of nitrogens with zero attached hydrogens (tertiary/aromatic N) is 1. The Kier molecular flexibility index (Phi) is 10.1. The van der Waals surface area contributed by atoms with Gasteiger partial charge in [-0.3, -0.25) is 0 Å². The largest absolute Gasteiger partial charge is 0.478 e. The third-order valence-corrected chi connectivity index (χ3v) is 8.83. The van der Waals surface area contributed by atoms with Crippen LogP contribution in [-0.4, -0.2) is 54.3 Å². The summed E-state index contributed by atoms with van der Waals surface area (Å²) in [6.45, 7) is 5.51. The Labute approximate surface area is 262 Å². The number of sulfone groups is 1. The van der Waals surface area contributed by atoms with Crippen molar-refractivity contribution in [2.75, 3.05) is 13.1 Å². The Bertz CT molecular complexity index is 1710. The first-order valence-electron chi connectivity index (χ1n) is 13.9. The summed E-state index contributed by atoms with van der Waals surface area (Å²) in [5.41, 5.74) is 2.34. The van der Waals surface area contributed by atoms with E-state index in [-0.39, 0.29) is 28.4 Å². The summed E-state index contributed by atoms with van der Waals surface area (Å²) in [4.78, 5) is 25.8. The number of halogens is 1. The van der Waals surface area contributed by atoms with Gasteiger partial charge >= 0.3 is 12.1 Å². The van der Waals surface area contributed by atoms with Gasteiger partial charge < -0.3 is 19.8 Å². The Hall–Kier alpha value is -4.18. The minimum atomic E-state index is -3.79. The smallest absolute Gasteiger partial charge is 0.410 e. The first-order valence-corrected chi connectivity index (χ1v) is 15.8. The van der Waals surface area contributed by atoms with E-state index in [0.717, 1.165) is 16.7 Å². The molecule has 0 radical (unpaired) electrons. The second-order valence-corrected chi connectivity index (χ2v) is 13.7. The van der Waals surface area contributed by atoms with Gasteiger partial charge in [0.25, 0.3) is 0 Å². The monoisotopic (exact) mass is 635 g/mol. The molecule has 0 saturated heterocycles. The maximum Gasteiger partial charge on any atom is 0.410 e. The number of aliphatic hydroxyl groups is 1. The molecule has 0 heterocycles. The highest BCUT2D eigenvalue weighted by Crippen LogP contribution is 2.26. The fourth-order valence-corrected chi connectivity index (χ4v) is 5.94. The number of carboxylic acid groups (broad SMARTS) is 1.